The number of rotatable bonds is 12. The molecule has 12 nitrogen and oxygen atoms in total. The van der Waals surface area contributed by atoms with Crippen LogP contribution in [0.5, 0.6) is 23.1 Å². The SMILES string of the molecule is COc1cc(-c2ccc(CN[C@H]3C[C@@H](O)[C@@H](N(C)c4ncncc4Oc4ccc(F)cc4-c4ccnn4C(C)C)C3)cc2)nnc1OC.Cl. The van der Waals surface area contributed by atoms with Gasteiger partial charge in [0.2, 0.25) is 0 Å². The van der Waals surface area contributed by atoms with Crippen LogP contribution in [0, 0.1) is 5.82 Å². The smallest absolute Gasteiger partial charge is 0.276 e. The molecule has 0 bridgehead atoms. The molecule has 1 aliphatic rings. The van der Waals surface area contributed by atoms with E-state index >= 15 is 0 Å². The van der Waals surface area contributed by atoms with Gasteiger partial charge in [0.05, 0.1) is 44.0 Å². The molecule has 0 spiro atoms. The minimum atomic E-state index is -0.594. The maximum atomic E-state index is 14.4. The maximum Gasteiger partial charge on any atom is 0.276 e. The molecular formula is C35H40ClFN8O4. The minimum Gasteiger partial charge on any atom is -0.491 e. The zero-order chi connectivity index (χ0) is 33.8. The summed E-state index contributed by atoms with van der Waals surface area (Å²) in [5.74, 6) is 1.83. The predicted molar refractivity (Wildman–Crippen MR) is 186 cm³/mol. The van der Waals surface area contributed by atoms with E-state index in [1.165, 1.54) is 25.6 Å². The van der Waals surface area contributed by atoms with Gasteiger partial charge >= 0.3 is 0 Å². The number of halogens is 2. The number of anilines is 1. The van der Waals surface area contributed by atoms with E-state index in [0.29, 0.717) is 59.6 Å². The third kappa shape index (κ3) is 7.74. The fourth-order valence-corrected chi connectivity index (χ4v) is 6.08. The molecule has 0 aliphatic heterocycles. The first kappa shape index (κ1) is 35.5. The van der Waals surface area contributed by atoms with Crippen LogP contribution in [0.4, 0.5) is 10.2 Å². The molecule has 0 amide bonds. The number of hydrogen-bond donors (Lipinski definition) is 2. The van der Waals surface area contributed by atoms with Crippen LogP contribution in [0.15, 0.2) is 73.3 Å². The highest BCUT2D eigenvalue weighted by Gasteiger charge is 2.37. The third-order valence-corrected chi connectivity index (χ3v) is 8.57. The first-order valence-corrected chi connectivity index (χ1v) is 15.8. The number of likely N-dealkylation sites (N-methyl/N-ethyl adjacent to an activating group) is 1. The van der Waals surface area contributed by atoms with E-state index in [1.54, 1.807) is 31.6 Å². The number of hydrogen-bond acceptors (Lipinski definition) is 11. The first-order valence-electron chi connectivity index (χ1n) is 15.8. The van der Waals surface area contributed by atoms with Crippen molar-refractivity contribution in [3.63, 3.8) is 0 Å². The van der Waals surface area contributed by atoms with E-state index in [-0.39, 0.29) is 36.3 Å². The maximum absolute atomic E-state index is 14.4. The van der Waals surface area contributed by atoms with Crippen LogP contribution < -0.4 is 24.4 Å². The largest absolute Gasteiger partial charge is 0.491 e. The summed E-state index contributed by atoms with van der Waals surface area (Å²) in [5.41, 5.74) is 3.98. The highest BCUT2D eigenvalue weighted by atomic mass is 35.5. The lowest BCUT2D eigenvalue weighted by Crippen LogP contribution is -2.38. The molecule has 0 unspecified atom stereocenters. The Hall–Kier alpha value is -4.85. The molecule has 0 saturated heterocycles. The summed E-state index contributed by atoms with van der Waals surface area (Å²) in [7, 11) is 4.98. The van der Waals surface area contributed by atoms with Gasteiger partial charge < -0.3 is 29.5 Å². The van der Waals surface area contributed by atoms with Crippen LogP contribution in [0.25, 0.3) is 22.5 Å². The summed E-state index contributed by atoms with van der Waals surface area (Å²) in [4.78, 5) is 10.7. The van der Waals surface area contributed by atoms with Crippen molar-refractivity contribution < 1.29 is 23.7 Å². The van der Waals surface area contributed by atoms with Gasteiger partial charge in [0.25, 0.3) is 5.88 Å². The van der Waals surface area contributed by atoms with Crippen LogP contribution in [-0.4, -0.2) is 74.5 Å². The van der Waals surface area contributed by atoms with Crippen molar-refractivity contribution in [1.82, 2.24) is 35.3 Å². The van der Waals surface area contributed by atoms with Crippen molar-refractivity contribution in [2.45, 2.75) is 57.5 Å². The Labute approximate surface area is 290 Å². The van der Waals surface area contributed by atoms with Crippen LogP contribution >= 0.6 is 12.4 Å². The predicted octanol–water partition coefficient (Wildman–Crippen LogP) is 5.87. The molecule has 5 aromatic rings. The monoisotopic (exact) mass is 690 g/mol. The number of ether oxygens (including phenoxy) is 3. The van der Waals surface area contributed by atoms with Crippen LogP contribution in [0.1, 0.15) is 38.3 Å². The third-order valence-electron chi connectivity index (χ3n) is 8.57. The average Bonchev–Trinajstić information content (AvgIpc) is 3.75. The summed E-state index contributed by atoms with van der Waals surface area (Å²) in [6.45, 7) is 4.65. The lowest BCUT2D eigenvalue weighted by atomic mass is 10.1. The van der Waals surface area contributed by atoms with E-state index in [9.17, 15) is 9.50 Å². The first-order chi connectivity index (χ1) is 23.2. The fourth-order valence-electron chi connectivity index (χ4n) is 6.08. The van der Waals surface area contributed by atoms with Gasteiger partial charge in [-0.25, -0.2) is 14.4 Å². The van der Waals surface area contributed by atoms with Crippen molar-refractivity contribution in [2.75, 3.05) is 26.2 Å². The molecule has 3 heterocycles. The van der Waals surface area contributed by atoms with Crippen molar-refractivity contribution >= 4 is 18.2 Å². The van der Waals surface area contributed by atoms with Gasteiger partial charge in [-0.1, -0.05) is 24.3 Å². The van der Waals surface area contributed by atoms with Gasteiger partial charge in [0, 0.05) is 49.1 Å². The zero-order valence-corrected chi connectivity index (χ0v) is 28.8. The summed E-state index contributed by atoms with van der Waals surface area (Å²) >= 11 is 0. The highest BCUT2D eigenvalue weighted by molar-refractivity contribution is 5.85. The lowest BCUT2D eigenvalue weighted by Gasteiger charge is -2.29. The van der Waals surface area contributed by atoms with Crippen molar-refractivity contribution in [3.8, 4) is 45.6 Å². The normalized spacial score (nSPS) is 17.1. The lowest BCUT2D eigenvalue weighted by molar-refractivity contribution is 0.160. The number of benzene rings is 2. The number of aliphatic hydroxyl groups is 1. The Balaban J connectivity index is 0.00000468. The summed E-state index contributed by atoms with van der Waals surface area (Å²) in [5, 5.41) is 27.5. The van der Waals surface area contributed by atoms with E-state index in [0.717, 1.165) is 16.8 Å². The fraction of sp³-hybridized carbons (Fsp3) is 0.343. The number of aromatic nitrogens is 6. The second-order valence-corrected chi connectivity index (χ2v) is 12.0. The molecule has 2 N–H and O–H groups in total. The second kappa shape index (κ2) is 15.6. The molecule has 3 atom stereocenters. The topological polar surface area (TPSA) is 133 Å². The molecule has 3 aromatic heterocycles. The van der Waals surface area contributed by atoms with E-state index in [2.05, 4.69) is 30.6 Å². The molecule has 6 rings (SSSR count). The molecular weight excluding hydrogens is 651 g/mol. The average molecular weight is 691 g/mol. The Morgan fingerprint density at radius 3 is 2.53 bits per heavy atom. The van der Waals surface area contributed by atoms with Crippen molar-refractivity contribution in [2.24, 2.45) is 0 Å². The van der Waals surface area contributed by atoms with Gasteiger partial charge in [-0.15, -0.1) is 22.6 Å². The molecule has 1 fully saturated rings. The number of nitrogens with one attached hydrogen (secondary N) is 1. The number of aliphatic hydroxyl groups excluding tert-OH is 1. The number of methoxy groups -OCH3 is 2. The van der Waals surface area contributed by atoms with Crippen LogP contribution in [0.3, 0.4) is 0 Å². The summed E-state index contributed by atoms with van der Waals surface area (Å²) in [6.07, 6.45) is 5.40. The van der Waals surface area contributed by atoms with Crippen LogP contribution in [0.2, 0.25) is 0 Å². The molecule has 258 valence electrons. The number of nitrogens with zero attached hydrogens (tertiary/aromatic N) is 7. The summed E-state index contributed by atoms with van der Waals surface area (Å²) < 4.78 is 33.2. The van der Waals surface area contributed by atoms with E-state index < -0.39 is 6.10 Å². The van der Waals surface area contributed by atoms with Gasteiger partial charge in [0.15, 0.2) is 17.3 Å². The Morgan fingerprint density at radius 2 is 1.80 bits per heavy atom. The molecule has 2 aromatic carbocycles. The minimum absolute atomic E-state index is 0. The Morgan fingerprint density at radius 1 is 1.00 bits per heavy atom. The second-order valence-electron chi connectivity index (χ2n) is 12.0. The van der Waals surface area contributed by atoms with Gasteiger partial charge in [-0.05, 0) is 56.5 Å². The molecule has 0 radical (unpaired) electrons. The quantitative estimate of drug-likeness (QED) is 0.163. The zero-order valence-electron chi connectivity index (χ0n) is 27.9. The van der Waals surface area contributed by atoms with Gasteiger partial charge in [-0.3, -0.25) is 4.68 Å². The highest BCUT2D eigenvalue weighted by Crippen LogP contribution is 2.39. The van der Waals surface area contributed by atoms with E-state index in [1.807, 2.05) is 60.8 Å². The molecule has 1 saturated carbocycles. The molecule has 1 aliphatic carbocycles. The van der Waals surface area contributed by atoms with Crippen LogP contribution in [-0.2, 0) is 6.54 Å². The molecule has 49 heavy (non-hydrogen) atoms. The van der Waals surface area contributed by atoms with Gasteiger partial charge in [0.1, 0.15) is 17.9 Å². The Kier molecular flexibility index (Phi) is 11.3. The summed E-state index contributed by atoms with van der Waals surface area (Å²) in [6, 6.07) is 16.0. The standard InChI is InChI=1S/C35H39FN8O4.ClH/c1-21(2)44-28(12-13-40-44)26-14-24(36)10-11-31(26)48-33-19-37-20-39-34(33)43(3)29-15-25(16-30(29)45)38-18-22-6-8-23(9-7-22)27-17-32(46-4)35(47-5)42-41-27;/h6-14,17,19-21,25,29-30,38,45H,15-16,18H2,1-5H3;1H/t25-,29+,30-;/m1./s1. The van der Waals surface area contributed by atoms with Crippen molar-refractivity contribution in [1.29, 1.82) is 0 Å². The Bertz CT molecular complexity index is 1860. The van der Waals surface area contributed by atoms with Crippen molar-refractivity contribution in [3.05, 3.63) is 84.7 Å². The molecule has 14 heteroatoms. The van der Waals surface area contributed by atoms with Gasteiger partial charge in [-0.2, -0.15) is 5.10 Å². The van der Waals surface area contributed by atoms with E-state index in [4.69, 9.17) is 14.2 Å².